The molecule has 2 amide bonds. The highest BCUT2D eigenvalue weighted by Crippen LogP contribution is 2.18. The van der Waals surface area contributed by atoms with E-state index in [2.05, 4.69) is 10.6 Å². The summed E-state index contributed by atoms with van der Waals surface area (Å²) in [5.41, 5.74) is 0. The van der Waals surface area contributed by atoms with Crippen LogP contribution in [0.1, 0.15) is 19.8 Å². The molecule has 1 atom stereocenters. The summed E-state index contributed by atoms with van der Waals surface area (Å²) < 4.78 is 0. The molecule has 1 saturated heterocycles. The van der Waals surface area contributed by atoms with Crippen molar-refractivity contribution in [3.8, 4) is 0 Å². The smallest absolute Gasteiger partial charge is 0.303 e. The Morgan fingerprint density at radius 3 is 2.58 bits per heavy atom. The summed E-state index contributed by atoms with van der Waals surface area (Å²) in [4.78, 5) is 34.7. The van der Waals surface area contributed by atoms with Crippen LogP contribution in [0.25, 0.3) is 0 Å². The zero-order valence-corrected chi connectivity index (χ0v) is 11.1. The van der Waals surface area contributed by atoms with Crippen LogP contribution >= 0.6 is 0 Å². The molecule has 0 aliphatic carbocycles. The van der Waals surface area contributed by atoms with Crippen LogP contribution < -0.4 is 10.6 Å². The summed E-state index contributed by atoms with van der Waals surface area (Å²) in [6.07, 6.45) is 0.992. The fourth-order valence-electron chi connectivity index (χ4n) is 2.17. The number of aliphatic carboxylic acids is 1. The van der Waals surface area contributed by atoms with Gasteiger partial charge in [-0.2, -0.15) is 0 Å². The molecule has 0 saturated carbocycles. The van der Waals surface area contributed by atoms with Crippen molar-refractivity contribution in [3.05, 3.63) is 0 Å². The van der Waals surface area contributed by atoms with Gasteiger partial charge in [0.2, 0.25) is 11.8 Å². The van der Waals surface area contributed by atoms with Crippen LogP contribution in [0.3, 0.4) is 0 Å². The summed E-state index contributed by atoms with van der Waals surface area (Å²) in [7, 11) is 0. The number of carbonyl (C=O) groups is 3. The number of hydrogen-bond acceptors (Lipinski definition) is 4. The first-order valence-electron chi connectivity index (χ1n) is 6.42. The summed E-state index contributed by atoms with van der Waals surface area (Å²) in [5.74, 6) is -0.858. The van der Waals surface area contributed by atoms with E-state index in [-0.39, 0.29) is 30.7 Å². The van der Waals surface area contributed by atoms with Crippen molar-refractivity contribution >= 4 is 17.8 Å². The Morgan fingerprint density at radius 1 is 1.26 bits per heavy atom. The van der Waals surface area contributed by atoms with Gasteiger partial charge in [0.25, 0.3) is 0 Å². The molecule has 0 spiro atoms. The number of hydrogen-bond donors (Lipinski definition) is 3. The predicted octanol–water partition coefficient (Wildman–Crippen LogP) is -0.965. The Hall–Kier alpha value is -1.63. The summed E-state index contributed by atoms with van der Waals surface area (Å²) in [5, 5.41) is 14.0. The maximum Gasteiger partial charge on any atom is 0.303 e. The fraction of sp³-hybridized carbons (Fsp3) is 0.750. The van der Waals surface area contributed by atoms with E-state index in [1.165, 1.54) is 6.92 Å². The second-order valence-corrected chi connectivity index (χ2v) is 4.82. The number of carbonyl (C=O) groups excluding carboxylic acids is 2. The van der Waals surface area contributed by atoms with E-state index < -0.39 is 5.97 Å². The topological polar surface area (TPSA) is 98.7 Å². The van der Waals surface area contributed by atoms with Crippen LogP contribution in [0.15, 0.2) is 0 Å². The van der Waals surface area contributed by atoms with Gasteiger partial charge in [0.1, 0.15) is 0 Å². The normalized spacial score (nSPS) is 19.1. The van der Waals surface area contributed by atoms with Crippen LogP contribution in [0, 0.1) is 5.92 Å². The number of carboxylic acids is 1. The number of nitrogens with one attached hydrogen (secondary N) is 2. The third kappa shape index (κ3) is 6.76. The molecule has 1 fully saturated rings. The molecular weight excluding hydrogens is 250 g/mol. The van der Waals surface area contributed by atoms with Gasteiger partial charge in [0, 0.05) is 33.0 Å². The van der Waals surface area contributed by atoms with Gasteiger partial charge in [-0.15, -0.1) is 0 Å². The third-order valence-corrected chi connectivity index (χ3v) is 3.02. The quantitative estimate of drug-likeness (QED) is 0.518. The fourth-order valence-corrected chi connectivity index (χ4v) is 2.17. The van der Waals surface area contributed by atoms with Gasteiger partial charge in [-0.05, 0) is 18.9 Å². The van der Waals surface area contributed by atoms with Crippen molar-refractivity contribution in [2.75, 3.05) is 32.7 Å². The van der Waals surface area contributed by atoms with Crippen LogP contribution in [0.4, 0.5) is 0 Å². The lowest BCUT2D eigenvalue weighted by Gasteiger charge is -2.15. The number of likely N-dealkylation sites (tertiary alicyclic amines) is 1. The molecule has 7 nitrogen and oxygen atoms in total. The van der Waals surface area contributed by atoms with Crippen molar-refractivity contribution in [3.63, 3.8) is 0 Å². The lowest BCUT2D eigenvalue weighted by molar-refractivity contribution is -0.138. The van der Waals surface area contributed by atoms with Crippen LogP contribution in [-0.2, 0) is 14.4 Å². The highest BCUT2D eigenvalue weighted by molar-refractivity contribution is 5.78. The van der Waals surface area contributed by atoms with E-state index >= 15 is 0 Å². The molecule has 0 aromatic carbocycles. The van der Waals surface area contributed by atoms with E-state index in [0.717, 1.165) is 13.0 Å². The van der Waals surface area contributed by atoms with E-state index in [4.69, 9.17) is 5.11 Å². The Morgan fingerprint density at radius 2 is 1.95 bits per heavy atom. The molecule has 19 heavy (non-hydrogen) atoms. The van der Waals surface area contributed by atoms with Crippen molar-refractivity contribution in [2.24, 2.45) is 5.92 Å². The Kier molecular flexibility index (Phi) is 6.27. The van der Waals surface area contributed by atoms with Crippen molar-refractivity contribution in [1.29, 1.82) is 0 Å². The van der Waals surface area contributed by atoms with Gasteiger partial charge in [0.05, 0.1) is 6.54 Å². The maximum atomic E-state index is 11.6. The lowest BCUT2D eigenvalue weighted by Crippen LogP contribution is -2.39. The molecule has 1 aliphatic rings. The van der Waals surface area contributed by atoms with Crippen molar-refractivity contribution < 1.29 is 19.5 Å². The van der Waals surface area contributed by atoms with Gasteiger partial charge < -0.3 is 15.7 Å². The second-order valence-electron chi connectivity index (χ2n) is 4.82. The van der Waals surface area contributed by atoms with E-state index in [9.17, 15) is 14.4 Å². The summed E-state index contributed by atoms with van der Waals surface area (Å²) >= 11 is 0. The van der Waals surface area contributed by atoms with Crippen LogP contribution in [-0.4, -0.2) is 60.5 Å². The number of nitrogens with zero attached hydrogens (tertiary/aromatic N) is 1. The maximum absolute atomic E-state index is 11.6. The average Bonchev–Trinajstić information content (AvgIpc) is 2.70. The molecule has 108 valence electrons. The standard InChI is InChI=1S/C12H21N3O4/c1-9(16)13-3-4-14-11(17)8-15-5-2-10(7-15)6-12(18)19/h10H,2-8H2,1H3,(H,13,16)(H,14,17)(H,18,19). The van der Waals surface area contributed by atoms with Gasteiger partial charge >= 0.3 is 5.97 Å². The molecule has 0 aromatic rings. The first kappa shape index (κ1) is 15.4. The van der Waals surface area contributed by atoms with Gasteiger partial charge in [0.15, 0.2) is 0 Å². The SMILES string of the molecule is CC(=O)NCCNC(=O)CN1CCC(CC(=O)O)C1. The molecule has 0 bridgehead atoms. The highest BCUT2D eigenvalue weighted by atomic mass is 16.4. The monoisotopic (exact) mass is 271 g/mol. The molecule has 3 N–H and O–H groups in total. The Labute approximate surface area is 112 Å². The first-order valence-corrected chi connectivity index (χ1v) is 6.42. The average molecular weight is 271 g/mol. The predicted molar refractivity (Wildman–Crippen MR) is 68.5 cm³/mol. The minimum atomic E-state index is -0.786. The highest BCUT2D eigenvalue weighted by Gasteiger charge is 2.25. The number of carboxylic acid groups (broad SMARTS) is 1. The molecule has 1 aliphatic heterocycles. The minimum absolute atomic E-state index is 0.0960. The first-order chi connectivity index (χ1) is 8.97. The molecule has 1 unspecified atom stereocenters. The number of rotatable bonds is 7. The van der Waals surface area contributed by atoms with Gasteiger partial charge in [-0.25, -0.2) is 0 Å². The zero-order valence-electron chi connectivity index (χ0n) is 11.1. The zero-order chi connectivity index (χ0) is 14.3. The molecule has 7 heteroatoms. The second kappa shape index (κ2) is 7.73. The molecule has 0 radical (unpaired) electrons. The molecule has 1 heterocycles. The third-order valence-electron chi connectivity index (χ3n) is 3.02. The van der Waals surface area contributed by atoms with Crippen molar-refractivity contribution in [2.45, 2.75) is 19.8 Å². The molecule has 0 aromatic heterocycles. The molecule has 1 rings (SSSR count). The Bertz CT molecular complexity index is 346. The van der Waals surface area contributed by atoms with E-state index in [1.54, 1.807) is 0 Å². The van der Waals surface area contributed by atoms with Crippen molar-refractivity contribution in [1.82, 2.24) is 15.5 Å². The van der Waals surface area contributed by atoms with Gasteiger partial charge in [-0.1, -0.05) is 0 Å². The minimum Gasteiger partial charge on any atom is -0.481 e. The summed E-state index contributed by atoms with van der Waals surface area (Å²) in [6, 6.07) is 0. The van der Waals surface area contributed by atoms with Crippen LogP contribution in [0.5, 0.6) is 0 Å². The Balaban J connectivity index is 2.12. The van der Waals surface area contributed by atoms with Crippen LogP contribution in [0.2, 0.25) is 0 Å². The largest absolute Gasteiger partial charge is 0.481 e. The van der Waals surface area contributed by atoms with E-state index in [1.807, 2.05) is 4.90 Å². The molecular formula is C12H21N3O4. The van der Waals surface area contributed by atoms with Gasteiger partial charge in [-0.3, -0.25) is 19.3 Å². The summed E-state index contributed by atoms with van der Waals surface area (Å²) in [6.45, 7) is 3.96. The van der Waals surface area contributed by atoms with E-state index in [0.29, 0.717) is 19.6 Å². The number of amides is 2. The lowest BCUT2D eigenvalue weighted by atomic mass is 10.1.